The van der Waals surface area contributed by atoms with Gasteiger partial charge >= 0.3 is 0 Å². The van der Waals surface area contributed by atoms with Crippen LogP contribution in [-0.2, 0) is 4.79 Å². The zero-order chi connectivity index (χ0) is 12.6. The van der Waals surface area contributed by atoms with Crippen LogP contribution in [0.25, 0.3) is 0 Å². The maximum Gasteiger partial charge on any atom is 0.243 e. The summed E-state index contributed by atoms with van der Waals surface area (Å²) in [5, 5.41) is 12.2. The Morgan fingerprint density at radius 2 is 1.88 bits per heavy atom. The SMILES string of the molecule is CC(C)CNC(=O)/C=C/C=C\C(O)C(C)C. The first-order valence-electron chi connectivity index (χ1n) is 5.74. The van der Waals surface area contributed by atoms with Gasteiger partial charge in [0.05, 0.1) is 6.10 Å². The molecule has 0 rings (SSSR count). The largest absolute Gasteiger partial charge is 0.389 e. The lowest BCUT2D eigenvalue weighted by molar-refractivity contribution is -0.116. The van der Waals surface area contributed by atoms with Crippen LogP contribution in [0.2, 0.25) is 0 Å². The normalized spacial score (nSPS) is 14.2. The van der Waals surface area contributed by atoms with Crippen LogP contribution in [0.15, 0.2) is 24.3 Å². The summed E-state index contributed by atoms with van der Waals surface area (Å²) < 4.78 is 0. The van der Waals surface area contributed by atoms with E-state index in [1.165, 1.54) is 6.08 Å². The highest BCUT2D eigenvalue weighted by Gasteiger charge is 2.02. The summed E-state index contributed by atoms with van der Waals surface area (Å²) in [5.41, 5.74) is 0. The molecule has 0 aromatic rings. The number of aliphatic hydroxyl groups excluding tert-OH is 1. The predicted molar refractivity (Wildman–Crippen MR) is 67.0 cm³/mol. The third-order valence-corrected chi connectivity index (χ3v) is 2.03. The number of nitrogens with one attached hydrogen (secondary N) is 1. The Labute approximate surface area is 98.2 Å². The first-order chi connectivity index (χ1) is 7.43. The van der Waals surface area contributed by atoms with E-state index < -0.39 is 6.10 Å². The molecule has 1 amide bonds. The summed E-state index contributed by atoms with van der Waals surface area (Å²) >= 11 is 0. The van der Waals surface area contributed by atoms with E-state index in [1.807, 2.05) is 27.7 Å². The van der Waals surface area contributed by atoms with Crippen molar-refractivity contribution in [2.45, 2.75) is 33.8 Å². The molecule has 0 bridgehead atoms. The van der Waals surface area contributed by atoms with Gasteiger partial charge in [0, 0.05) is 12.6 Å². The number of aliphatic hydroxyl groups is 1. The van der Waals surface area contributed by atoms with Crippen LogP contribution < -0.4 is 5.32 Å². The summed E-state index contributed by atoms with van der Waals surface area (Å²) in [6.45, 7) is 8.65. The average molecular weight is 225 g/mol. The molecular weight excluding hydrogens is 202 g/mol. The highest BCUT2D eigenvalue weighted by atomic mass is 16.3. The number of amides is 1. The van der Waals surface area contributed by atoms with E-state index >= 15 is 0 Å². The summed E-state index contributed by atoms with van der Waals surface area (Å²) in [6.07, 6.45) is 6.02. The minimum Gasteiger partial charge on any atom is -0.389 e. The van der Waals surface area contributed by atoms with E-state index in [4.69, 9.17) is 0 Å². The van der Waals surface area contributed by atoms with Gasteiger partial charge in [-0.1, -0.05) is 45.9 Å². The zero-order valence-electron chi connectivity index (χ0n) is 10.6. The van der Waals surface area contributed by atoms with Crippen molar-refractivity contribution in [3.8, 4) is 0 Å². The van der Waals surface area contributed by atoms with Gasteiger partial charge in [0.1, 0.15) is 0 Å². The van der Waals surface area contributed by atoms with Crippen LogP contribution in [0, 0.1) is 11.8 Å². The number of hydrogen-bond acceptors (Lipinski definition) is 2. The maximum absolute atomic E-state index is 11.2. The summed E-state index contributed by atoms with van der Waals surface area (Å²) in [4.78, 5) is 11.2. The lowest BCUT2D eigenvalue weighted by Crippen LogP contribution is -2.25. The number of carbonyl (C=O) groups is 1. The van der Waals surface area contributed by atoms with Gasteiger partial charge in [0.15, 0.2) is 0 Å². The Balaban J connectivity index is 3.87. The van der Waals surface area contributed by atoms with Crippen molar-refractivity contribution in [1.82, 2.24) is 5.32 Å². The van der Waals surface area contributed by atoms with Crippen LogP contribution >= 0.6 is 0 Å². The van der Waals surface area contributed by atoms with E-state index in [-0.39, 0.29) is 11.8 Å². The highest BCUT2D eigenvalue weighted by Crippen LogP contribution is 2.01. The molecule has 16 heavy (non-hydrogen) atoms. The summed E-state index contributed by atoms with van der Waals surface area (Å²) in [5.74, 6) is 0.549. The van der Waals surface area contributed by atoms with Crippen molar-refractivity contribution in [1.29, 1.82) is 0 Å². The molecule has 0 saturated heterocycles. The van der Waals surface area contributed by atoms with E-state index in [1.54, 1.807) is 18.2 Å². The molecule has 92 valence electrons. The predicted octanol–water partition coefficient (Wildman–Crippen LogP) is 1.89. The first-order valence-corrected chi connectivity index (χ1v) is 5.74. The van der Waals surface area contributed by atoms with Gasteiger partial charge in [-0.25, -0.2) is 0 Å². The molecule has 0 radical (unpaired) electrons. The molecular formula is C13H23NO2. The van der Waals surface area contributed by atoms with Crippen molar-refractivity contribution in [3.63, 3.8) is 0 Å². The van der Waals surface area contributed by atoms with Crippen LogP contribution in [0.3, 0.4) is 0 Å². The van der Waals surface area contributed by atoms with Crippen molar-refractivity contribution in [3.05, 3.63) is 24.3 Å². The minimum absolute atomic E-state index is 0.0996. The van der Waals surface area contributed by atoms with E-state index in [2.05, 4.69) is 5.32 Å². The van der Waals surface area contributed by atoms with Crippen molar-refractivity contribution in [2.24, 2.45) is 11.8 Å². The molecule has 0 spiro atoms. The topological polar surface area (TPSA) is 49.3 Å². The molecule has 0 aliphatic carbocycles. The number of rotatable bonds is 6. The van der Waals surface area contributed by atoms with E-state index in [0.29, 0.717) is 12.5 Å². The quantitative estimate of drug-likeness (QED) is 0.535. The van der Waals surface area contributed by atoms with E-state index in [0.717, 1.165) is 0 Å². The average Bonchev–Trinajstić information content (AvgIpc) is 2.20. The summed E-state index contributed by atoms with van der Waals surface area (Å²) in [7, 11) is 0. The van der Waals surface area contributed by atoms with Crippen LogP contribution in [0.1, 0.15) is 27.7 Å². The minimum atomic E-state index is -0.455. The molecule has 1 atom stereocenters. The summed E-state index contributed by atoms with van der Waals surface area (Å²) in [6, 6.07) is 0. The maximum atomic E-state index is 11.2. The van der Waals surface area contributed by atoms with Crippen LogP contribution in [0.5, 0.6) is 0 Å². The Morgan fingerprint density at radius 3 is 2.38 bits per heavy atom. The smallest absolute Gasteiger partial charge is 0.243 e. The van der Waals surface area contributed by atoms with Crippen LogP contribution in [-0.4, -0.2) is 23.7 Å². The molecule has 0 aromatic heterocycles. The first kappa shape index (κ1) is 14.9. The Kier molecular flexibility index (Phi) is 7.56. The standard InChI is InChI=1S/C13H23NO2/c1-10(2)9-14-13(16)8-6-5-7-12(15)11(3)4/h5-8,10-12,15H,9H2,1-4H3,(H,14,16)/b7-5-,8-6+. The number of allylic oxidation sites excluding steroid dienone is 2. The number of carbonyl (C=O) groups excluding carboxylic acids is 1. The molecule has 0 aromatic carbocycles. The van der Waals surface area contributed by atoms with Crippen molar-refractivity contribution >= 4 is 5.91 Å². The molecule has 2 N–H and O–H groups in total. The second-order valence-electron chi connectivity index (χ2n) is 4.62. The second-order valence-corrected chi connectivity index (χ2v) is 4.62. The van der Waals surface area contributed by atoms with Gasteiger partial charge in [-0.05, 0) is 11.8 Å². The Morgan fingerprint density at radius 1 is 1.25 bits per heavy atom. The lowest BCUT2D eigenvalue weighted by Gasteiger charge is -2.07. The van der Waals surface area contributed by atoms with Gasteiger partial charge < -0.3 is 10.4 Å². The van der Waals surface area contributed by atoms with Crippen LogP contribution in [0.4, 0.5) is 0 Å². The molecule has 3 nitrogen and oxygen atoms in total. The highest BCUT2D eigenvalue weighted by molar-refractivity contribution is 5.87. The van der Waals surface area contributed by atoms with Gasteiger partial charge in [-0.15, -0.1) is 0 Å². The van der Waals surface area contributed by atoms with Gasteiger partial charge in [-0.2, -0.15) is 0 Å². The molecule has 0 aliphatic heterocycles. The third-order valence-electron chi connectivity index (χ3n) is 2.03. The third kappa shape index (κ3) is 8.24. The monoisotopic (exact) mass is 225 g/mol. The van der Waals surface area contributed by atoms with Crippen molar-refractivity contribution in [2.75, 3.05) is 6.54 Å². The van der Waals surface area contributed by atoms with Gasteiger partial charge in [0.2, 0.25) is 5.91 Å². The van der Waals surface area contributed by atoms with Crippen molar-refractivity contribution < 1.29 is 9.90 Å². The fraction of sp³-hybridized carbons (Fsp3) is 0.615. The second kappa shape index (κ2) is 8.11. The number of hydrogen-bond donors (Lipinski definition) is 2. The Bertz CT molecular complexity index is 255. The van der Waals surface area contributed by atoms with Gasteiger partial charge in [-0.3, -0.25) is 4.79 Å². The lowest BCUT2D eigenvalue weighted by atomic mass is 10.1. The molecule has 1 unspecified atom stereocenters. The molecule has 0 aliphatic rings. The fourth-order valence-corrected chi connectivity index (χ4v) is 0.907. The molecule has 0 saturated carbocycles. The molecule has 0 fully saturated rings. The van der Waals surface area contributed by atoms with Gasteiger partial charge in [0.25, 0.3) is 0 Å². The zero-order valence-corrected chi connectivity index (χ0v) is 10.6. The Hall–Kier alpha value is -1.09. The van der Waals surface area contributed by atoms with E-state index in [9.17, 15) is 9.90 Å². The fourth-order valence-electron chi connectivity index (χ4n) is 0.907. The molecule has 3 heteroatoms. The molecule has 0 heterocycles.